The SMILES string of the molecule is CC(c1ccc(S(N)(=O)=O)cc1)N(C)C(=O)NCCC(c1ccccc1)c1ccccc1. The van der Waals surface area contributed by atoms with Gasteiger partial charge in [-0.1, -0.05) is 72.8 Å². The molecule has 0 heterocycles. The number of urea groups is 1. The highest BCUT2D eigenvalue weighted by atomic mass is 32.2. The molecule has 3 N–H and O–H groups in total. The molecule has 6 nitrogen and oxygen atoms in total. The van der Waals surface area contributed by atoms with Crippen molar-refractivity contribution in [3.8, 4) is 0 Å². The fourth-order valence-electron chi connectivity index (χ4n) is 3.68. The zero-order chi connectivity index (χ0) is 23.1. The monoisotopic (exact) mass is 451 g/mol. The van der Waals surface area contributed by atoms with E-state index in [1.165, 1.54) is 23.3 Å². The minimum Gasteiger partial charge on any atom is -0.338 e. The smallest absolute Gasteiger partial charge is 0.317 e. The van der Waals surface area contributed by atoms with Gasteiger partial charge in [0.2, 0.25) is 10.0 Å². The van der Waals surface area contributed by atoms with Crippen LogP contribution in [0.5, 0.6) is 0 Å². The highest BCUT2D eigenvalue weighted by Gasteiger charge is 2.19. The van der Waals surface area contributed by atoms with Gasteiger partial charge in [0, 0.05) is 19.5 Å². The fraction of sp³-hybridized carbons (Fsp3) is 0.240. The second-order valence-corrected chi connectivity index (χ2v) is 9.36. The molecule has 0 aromatic heterocycles. The zero-order valence-electron chi connectivity index (χ0n) is 18.3. The van der Waals surface area contributed by atoms with Gasteiger partial charge in [0.25, 0.3) is 0 Å². The normalized spacial score (nSPS) is 12.4. The maximum atomic E-state index is 12.7. The number of primary sulfonamides is 1. The molecule has 1 atom stereocenters. The summed E-state index contributed by atoms with van der Waals surface area (Å²) in [7, 11) is -2.02. The van der Waals surface area contributed by atoms with Gasteiger partial charge in [-0.2, -0.15) is 0 Å². The predicted octanol–water partition coefficient (Wildman–Crippen LogP) is 4.26. The summed E-state index contributed by atoms with van der Waals surface area (Å²) in [5, 5.41) is 8.16. The number of rotatable bonds is 8. The molecule has 0 aliphatic rings. The van der Waals surface area contributed by atoms with Crippen molar-refractivity contribution in [1.29, 1.82) is 0 Å². The van der Waals surface area contributed by atoms with Crippen LogP contribution in [0.4, 0.5) is 4.79 Å². The molecule has 0 bridgehead atoms. The van der Waals surface area contributed by atoms with E-state index in [4.69, 9.17) is 5.14 Å². The Balaban J connectivity index is 1.62. The van der Waals surface area contributed by atoms with E-state index >= 15 is 0 Å². The molecular weight excluding hydrogens is 422 g/mol. The lowest BCUT2D eigenvalue weighted by atomic mass is 9.88. The second kappa shape index (κ2) is 10.4. The molecule has 0 fully saturated rings. The van der Waals surface area contributed by atoms with Crippen LogP contribution in [0.2, 0.25) is 0 Å². The Morgan fingerprint density at radius 2 is 1.38 bits per heavy atom. The first-order valence-corrected chi connectivity index (χ1v) is 12.1. The van der Waals surface area contributed by atoms with Gasteiger partial charge in [-0.05, 0) is 42.2 Å². The predicted molar refractivity (Wildman–Crippen MR) is 127 cm³/mol. The van der Waals surface area contributed by atoms with E-state index in [1.807, 2.05) is 43.3 Å². The van der Waals surface area contributed by atoms with Crippen LogP contribution < -0.4 is 10.5 Å². The Morgan fingerprint density at radius 3 is 1.84 bits per heavy atom. The quantitative estimate of drug-likeness (QED) is 0.536. The molecule has 0 spiro atoms. The number of benzene rings is 3. The maximum Gasteiger partial charge on any atom is 0.317 e. The lowest BCUT2D eigenvalue weighted by Gasteiger charge is -2.26. The van der Waals surface area contributed by atoms with Crippen molar-refractivity contribution in [2.75, 3.05) is 13.6 Å². The van der Waals surface area contributed by atoms with Gasteiger partial charge in [-0.25, -0.2) is 18.4 Å². The van der Waals surface area contributed by atoms with Gasteiger partial charge >= 0.3 is 6.03 Å². The Bertz CT molecular complexity index is 1080. The molecule has 3 aromatic rings. The minimum atomic E-state index is -3.74. The third-order valence-electron chi connectivity index (χ3n) is 5.71. The van der Waals surface area contributed by atoms with Crippen LogP contribution in [0.15, 0.2) is 89.8 Å². The number of carbonyl (C=O) groups excluding carboxylic acids is 1. The van der Waals surface area contributed by atoms with E-state index in [9.17, 15) is 13.2 Å². The van der Waals surface area contributed by atoms with Crippen molar-refractivity contribution in [1.82, 2.24) is 10.2 Å². The first-order chi connectivity index (χ1) is 15.3. The van der Waals surface area contributed by atoms with Crippen molar-refractivity contribution in [3.05, 3.63) is 102 Å². The summed E-state index contributed by atoms with van der Waals surface area (Å²) < 4.78 is 22.9. The van der Waals surface area contributed by atoms with Crippen LogP contribution in [0.25, 0.3) is 0 Å². The van der Waals surface area contributed by atoms with Crippen molar-refractivity contribution >= 4 is 16.1 Å². The van der Waals surface area contributed by atoms with Gasteiger partial charge in [0.05, 0.1) is 10.9 Å². The van der Waals surface area contributed by atoms with E-state index in [1.54, 1.807) is 24.1 Å². The van der Waals surface area contributed by atoms with Gasteiger partial charge in [0.15, 0.2) is 0 Å². The van der Waals surface area contributed by atoms with Crippen LogP contribution in [0.3, 0.4) is 0 Å². The van der Waals surface area contributed by atoms with Crippen LogP contribution in [0, 0.1) is 0 Å². The van der Waals surface area contributed by atoms with Crippen LogP contribution in [-0.2, 0) is 10.0 Å². The molecule has 7 heteroatoms. The van der Waals surface area contributed by atoms with Crippen molar-refractivity contribution in [2.45, 2.75) is 30.2 Å². The third-order valence-corrected chi connectivity index (χ3v) is 6.63. The number of hydrogen-bond acceptors (Lipinski definition) is 3. The van der Waals surface area contributed by atoms with Crippen LogP contribution in [-0.4, -0.2) is 32.9 Å². The van der Waals surface area contributed by atoms with Gasteiger partial charge < -0.3 is 10.2 Å². The standard InChI is InChI=1S/C25H29N3O3S/c1-19(20-13-15-23(16-14-20)32(26,30)31)28(2)25(29)27-18-17-24(21-9-5-3-6-10-21)22-11-7-4-8-12-22/h3-16,19,24H,17-18H2,1-2H3,(H,27,29)(H2,26,30,31). The summed E-state index contributed by atoms with van der Waals surface area (Å²) >= 11 is 0. The highest BCUT2D eigenvalue weighted by molar-refractivity contribution is 7.89. The average molecular weight is 452 g/mol. The summed E-state index contributed by atoms with van der Waals surface area (Å²) in [6.07, 6.45) is 0.769. The number of sulfonamides is 1. The Morgan fingerprint density at radius 1 is 0.875 bits per heavy atom. The molecule has 0 saturated carbocycles. The number of nitrogens with two attached hydrogens (primary N) is 1. The molecule has 1 unspecified atom stereocenters. The van der Waals surface area contributed by atoms with Gasteiger partial charge in [-0.3, -0.25) is 0 Å². The van der Waals surface area contributed by atoms with Gasteiger partial charge in [0.1, 0.15) is 0 Å². The average Bonchev–Trinajstić information content (AvgIpc) is 2.81. The topological polar surface area (TPSA) is 92.5 Å². The lowest BCUT2D eigenvalue weighted by Crippen LogP contribution is -2.39. The van der Waals surface area contributed by atoms with E-state index < -0.39 is 10.0 Å². The lowest BCUT2D eigenvalue weighted by molar-refractivity contribution is 0.194. The number of amides is 2. The van der Waals surface area contributed by atoms with Crippen LogP contribution in [0.1, 0.15) is 42.0 Å². The molecule has 168 valence electrons. The summed E-state index contributed by atoms with van der Waals surface area (Å²) in [6.45, 7) is 2.41. The summed E-state index contributed by atoms with van der Waals surface area (Å²) in [4.78, 5) is 14.4. The first-order valence-electron chi connectivity index (χ1n) is 10.5. The molecular formula is C25H29N3O3S. The summed E-state index contributed by atoms with van der Waals surface area (Å²) in [5.74, 6) is 0.186. The van der Waals surface area contributed by atoms with Crippen molar-refractivity contribution in [2.24, 2.45) is 5.14 Å². The van der Waals surface area contributed by atoms with Crippen LogP contribution >= 0.6 is 0 Å². The highest BCUT2D eigenvalue weighted by Crippen LogP contribution is 2.27. The molecule has 2 amide bonds. The Labute approximate surface area is 190 Å². The van der Waals surface area contributed by atoms with E-state index in [0.717, 1.165) is 12.0 Å². The minimum absolute atomic E-state index is 0.0495. The molecule has 3 aromatic carbocycles. The van der Waals surface area contributed by atoms with Gasteiger partial charge in [-0.15, -0.1) is 0 Å². The first kappa shape index (κ1) is 23.5. The molecule has 3 rings (SSSR count). The molecule has 0 aliphatic carbocycles. The second-order valence-electron chi connectivity index (χ2n) is 7.80. The maximum absolute atomic E-state index is 12.7. The number of carbonyl (C=O) groups is 1. The summed E-state index contributed by atoms with van der Waals surface area (Å²) in [6, 6.07) is 26.4. The number of hydrogen-bond donors (Lipinski definition) is 2. The number of nitrogens with one attached hydrogen (secondary N) is 1. The zero-order valence-corrected chi connectivity index (χ0v) is 19.1. The molecule has 0 aliphatic heterocycles. The third kappa shape index (κ3) is 5.96. The fourth-order valence-corrected chi connectivity index (χ4v) is 4.20. The number of nitrogens with zero attached hydrogens (tertiary/aromatic N) is 1. The Hall–Kier alpha value is -3.16. The largest absolute Gasteiger partial charge is 0.338 e. The Kier molecular flexibility index (Phi) is 7.66. The molecule has 32 heavy (non-hydrogen) atoms. The summed E-state index contributed by atoms with van der Waals surface area (Å²) in [5.41, 5.74) is 3.25. The van der Waals surface area contributed by atoms with E-state index in [0.29, 0.717) is 6.54 Å². The van der Waals surface area contributed by atoms with E-state index in [2.05, 4.69) is 29.6 Å². The molecule has 0 saturated heterocycles. The van der Waals surface area contributed by atoms with E-state index in [-0.39, 0.29) is 22.9 Å². The van der Waals surface area contributed by atoms with Crippen molar-refractivity contribution < 1.29 is 13.2 Å². The van der Waals surface area contributed by atoms with Crippen molar-refractivity contribution in [3.63, 3.8) is 0 Å². The molecule has 0 radical (unpaired) electrons.